The van der Waals surface area contributed by atoms with Crippen molar-refractivity contribution in [2.24, 2.45) is 0 Å². The van der Waals surface area contributed by atoms with E-state index in [0.29, 0.717) is 5.58 Å². The van der Waals surface area contributed by atoms with Gasteiger partial charge in [0.25, 0.3) is 0 Å². The smallest absolute Gasteiger partial charge is 0.336 e. The molecule has 0 bridgehead atoms. The molecule has 18 heavy (non-hydrogen) atoms. The number of para-hydroxylation sites is 1. The molecule has 0 radical (unpaired) electrons. The third-order valence-corrected chi connectivity index (χ3v) is 2.95. The van der Waals surface area contributed by atoms with Crippen LogP contribution < -0.4 is 5.63 Å². The Morgan fingerprint density at radius 2 is 2.06 bits per heavy atom. The number of fused-ring (bicyclic) bond motifs is 1. The molecule has 0 aliphatic carbocycles. The molecule has 0 N–H and O–H groups in total. The molecule has 1 aromatic carbocycles. The Bertz CT molecular complexity index is 593. The molecule has 0 aliphatic rings. The van der Waals surface area contributed by atoms with Crippen LogP contribution in [0.4, 0.5) is 0 Å². The predicted molar refractivity (Wildman–Crippen MR) is 75.7 cm³/mol. The van der Waals surface area contributed by atoms with E-state index in [-0.39, 0.29) is 5.63 Å². The highest BCUT2D eigenvalue weighted by Gasteiger charge is 2.01. The first-order chi connectivity index (χ1) is 8.81. The Morgan fingerprint density at radius 3 is 2.89 bits per heavy atom. The molecule has 2 rings (SSSR count). The second kappa shape index (κ2) is 6.20. The lowest BCUT2D eigenvalue weighted by Crippen LogP contribution is -1.97. The van der Waals surface area contributed by atoms with Crippen LogP contribution in [0.5, 0.6) is 0 Å². The molecule has 94 valence electrons. The molecule has 0 aliphatic heterocycles. The van der Waals surface area contributed by atoms with Crippen LogP contribution in [-0.4, -0.2) is 0 Å². The van der Waals surface area contributed by atoms with Gasteiger partial charge in [0.05, 0.1) is 0 Å². The first kappa shape index (κ1) is 12.6. The standard InChI is InChI=1S/C16H18O2/c1-2-3-4-5-6-9-13-12-16(17)18-15-11-8-7-10-14(13)15/h6-12H,2-5H2,1H3/b9-6+. The maximum absolute atomic E-state index is 11.4. The summed E-state index contributed by atoms with van der Waals surface area (Å²) >= 11 is 0. The van der Waals surface area contributed by atoms with Gasteiger partial charge in [-0.25, -0.2) is 4.79 Å². The van der Waals surface area contributed by atoms with Crippen molar-refractivity contribution in [3.63, 3.8) is 0 Å². The summed E-state index contributed by atoms with van der Waals surface area (Å²) in [4.78, 5) is 11.4. The summed E-state index contributed by atoms with van der Waals surface area (Å²) in [5, 5.41) is 0.990. The fourth-order valence-electron chi connectivity index (χ4n) is 2.00. The van der Waals surface area contributed by atoms with E-state index in [4.69, 9.17) is 4.42 Å². The second-order valence-corrected chi connectivity index (χ2v) is 4.42. The van der Waals surface area contributed by atoms with Crippen LogP contribution in [0.15, 0.2) is 45.6 Å². The lowest BCUT2D eigenvalue weighted by molar-refractivity contribution is 0.560. The van der Waals surface area contributed by atoms with Crippen molar-refractivity contribution in [2.75, 3.05) is 0 Å². The van der Waals surface area contributed by atoms with Gasteiger partial charge >= 0.3 is 5.63 Å². The van der Waals surface area contributed by atoms with Gasteiger partial charge < -0.3 is 4.42 Å². The van der Waals surface area contributed by atoms with Crippen molar-refractivity contribution in [1.82, 2.24) is 0 Å². The molecule has 0 spiro atoms. The van der Waals surface area contributed by atoms with Crippen LogP contribution in [0, 0.1) is 0 Å². The Hall–Kier alpha value is -1.83. The summed E-state index contributed by atoms with van der Waals surface area (Å²) in [5.41, 5.74) is 1.30. The van der Waals surface area contributed by atoms with E-state index in [1.165, 1.54) is 19.3 Å². The van der Waals surface area contributed by atoms with E-state index < -0.39 is 0 Å². The average molecular weight is 242 g/mol. The minimum atomic E-state index is -0.290. The van der Waals surface area contributed by atoms with Gasteiger partial charge in [0, 0.05) is 11.5 Å². The third kappa shape index (κ3) is 3.10. The maximum atomic E-state index is 11.4. The molecule has 1 aromatic heterocycles. The average Bonchev–Trinajstić information content (AvgIpc) is 2.38. The van der Waals surface area contributed by atoms with Crippen molar-refractivity contribution in [3.8, 4) is 0 Å². The number of benzene rings is 1. The summed E-state index contributed by atoms with van der Waals surface area (Å²) in [7, 11) is 0. The zero-order valence-corrected chi connectivity index (χ0v) is 10.7. The molecule has 0 fully saturated rings. The zero-order chi connectivity index (χ0) is 12.8. The van der Waals surface area contributed by atoms with Crippen LogP contribution in [0.1, 0.15) is 38.2 Å². The number of hydrogen-bond acceptors (Lipinski definition) is 2. The van der Waals surface area contributed by atoms with Gasteiger partial charge in [0.1, 0.15) is 5.58 Å². The molecule has 2 heteroatoms. The fraction of sp³-hybridized carbons (Fsp3) is 0.312. The Balaban J connectivity index is 2.24. The topological polar surface area (TPSA) is 30.2 Å². The second-order valence-electron chi connectivity index (χ2n) is 4.42. The molecule has 0 amide bonds. The van der Waals surface area contributed by atoms with E-state index in [9.17, 15) is 4.79 Å². The first-order valence-electron chi connectivity index (χ1n) is 6.50. The molecule has 0 saturated carbocycles. The van der Waals surface area contributed by atoms with Crippen molar-refractivity contribution in [1.29, 1.82) is 0 Å². The molecule has 0 atom stereocenters. The van der Waals surface area contributed by atoms with Crippen LogP contribution >= 0.6 is 0 Å². The van der Waals surface area contributed by atoms with E-state index in [1.54, 1.807) is 6.07 Å². The zero-order valence-electron chi connectivity index (χ0n) is 10.7. The number of allylic oxidation sites excluding steroid dienone is 1. The van der Waals surface area contributed by atoms with Gasteiger partial charge in [-0.05, 0) is 24.5 Å². The van der Waals surface area contributed by atoms with Gasteiger partial charge in [0.2, 0.25) is 0 Å². The minimum absolute atomic E-state index is 0.290. The third-order valence-electron chi connectivity index (χ3n) is 2.95. The molecule has 0 unspecified atom stereocenters. The SMILES string of the molecule is CCCCC/C=C/c1cc(=O)oc2ccccc12. The van der Waals surface area contributed by atoms with E-state index >= 15 is 0 Å². The molecular formula is C16H18O2. The van der Waals surface area contributed by atoms with Crippen molar-refractivity contribution >= 4 is 17.0 Å². The fourth-order valence-corrected chi connectivity index (χ4v) is 2.00. The molecule has 1 heterocycles. The van der Waals surface area contributed by atoms with E-state index in [0.717, 1.165) is 17.4 Å². The Labute approximate surface area is 107 Å². The van der Waals surface area contributed by atoms with Gasteiger partial charge in [-0.2, -0.15) is 0 Å². The maximum Gasteiger partial charge on any atom is 0.336 e. The van der Waals surface area contributed by atoms with Crippen LogP contribution in [0.2, 0.25) is 0 Å². The largest absolute Gasteiger partial charge is 0.423 e. The van der Waals surface area contributed by atoms with Gasteiger partial charge in [-0.1, -0.05) is 50.1 Å². The minimum Gasteiger partial charge on any atom is -0.423 e. The van der Waals surface area contributed by atoms with Crippen molar-refractivity contribution in [2.45, 2.75) is 32.6 Å². The van der Waals surface area contributed by atoms with Crippen molar-refractivity contribution < 1.29 is 4.42 Å². The van der Waals surface area contributed by atoms with Crippen LogP contribution in [-0.2, 0) is 0 Å². The lowest BCUT2D eigenvalue weighted by atomic mass is 10.1. The van der Waals surface area contributed by atoms with Gasteiger partial charge in [-0.15, -0.1) is 0 Å². The molecule has 2 nitrogen and oxygen atoms in total. The highest BCUT2D eigenvalue weighted by atomic mass is 16.4. The predicted octanol–water partition coefficient (Wildman–Crippen LogP) is 4.39. The molecular weight excluding hydrogens is 224 g/mol. The van der Waals surface area contributed by atoms with E-state index in [1.807, 2.05) is 30.3 Å². The van der Waals surface area contributed by atoms with Gasteiger partial charge in [0.15, 0.2) is 0 Å². The molecule has 0 saturated heterocycles. The van der Waals surface area contributed by atoms with E-state index in [2.05, 4.69) is 13.0 Å². The monoisotopic (exact) mass is 242 g/mol. The number of unbranched alkanes of at least 4 members (excludes halogenated alkanes) is 3. The van der Waals surface area contributed by atoms with Crippen molar-refractivity contribution in [3.05, 3.63) is 52.4 Å². The van der Waals surface area contributed by atoms with Gasteiger partial charge in [-0.3, -0.25) is 0 Å². The Kier molecular flexibility index (Phi) is 4.35. The Morgan fingerprint density at radius 1 is 1.22 bits per heavy atom. The lowest BCUT2D eigenvalue weighted by Gasteiger charge is -2.00. The number of rotatable bonds is 5. The summed E-state index contributed by atoms with van der Waals surface area (Å²) in [6.07, 6.45) is 8.90. The van der Waals surface area contributed by atoms with Crippen LogP contribution in [0.3, 0.4) is 0 Å². The summed E-state index contributed by atoms with van der Waals surface area (Å²) in [5.74, 6) is 0. The highest BCUT2D eigenvalue weighted by Crippen LogP contribution is 2.18. The normalized spacial score (nSPS) is 11.4. The number of hydrogen-bond donors (Lipinski definition) is 0. The highest BCUT2D eigenvalue weighted by molar-refractivity contribution is 5.85. The summed E-state index contributed by atoms with van der Waals surface area (Å²) < 4.78 is 5.16. The molecule has 2 aromatic rings. The van der Waals surface area contributed by atoms with Crippen LogP contribution in [0.25, 0.3) is 17.0 Å². The quantitative estimate of drug-likeness (QED) is 0.575. The first-order valence-corrected chi connectivity index (χ1v) is 6.50. The summed E-state index contributed by atoms with van der Waals surface area (Å²) in [6, 6.07) is 9.19. The summed E-state index contributed by atoms with van der Waals surface area (Å²) in [6.45, 7) is 2.19.